The van der Waals surface area contributed by atoms with Gasteiger partial charge in [0, 0.05) is 12.1 Å². The van der Waals surface area contributed by atoms with Crippen LogP contribution in [0.3, 0.4) is 0 Å². The Balaban J connectivity index is 2.05. The summed E-state index contributed by atoms with van der Waals surface area (Å²) in [5, 5.41) is 11.9. The average Bonchev–Trinajstić information content (AvgIpc) is 2.84. The van der Waals surface area contributed by atoms with Gasteiger partial charge in [0.1, 0.15) is 17.6 Å². The van der Waals surface area contributed by atoms with Crippen molar-refractivity contribution in [1.82, 2.24) is 10.3 Å². The van der Waals surface area contributed by atoms with E-state index in [2.05, 4.69) is 10.3 Å². The number of nitriles is 1. The number of nitrogens with zero attached hydrogens (tertiary/aromatic N) is 2. The fourth-order valence-electron chi connectivity index (χ4n) is 1.73. The number of oxazole rings is 1. The average molecular weight is 259 g/mol. The summed E-state index contributed by atoms with van der Waals surface area (Å²) in [5.41, 5.74) is 0.507. The minimum absolute atomic E-state index is 0.0546. The normalized spacial score (nSPS) is 12.1. The Morgan fingerprint density at radius 2 is 2.32 bits per heavy atom. The molecular formula is C14H14FN3O. The summed E-state index contributed by atoms with van der Waals surface area (Å²) in [4.78, 5) is 4.11. The Morgan fingerprint density at radius 1 is 1.53 bits per heavy atom. The zero-order chi connectivity index (χ0) is 13.8. The van der Waals surface area contributed by atoms with E-state index in [-0.39, 0.29) is 11.6 Å². The van der Waals surface area contributed by atoms with Gasteiger partial charge in [0.15, 0.2) is 0 Å². The van der Waals surface area contributed by atoms with Crippen LogP contribution in [0, 0.1) is 24.1 Å². The molecule has 0 saturated heterocycles. The maximum absolute atomic E-state index is 13.8. The first-order chi connectivity index (χ1) is 9.11. The van der Waals surface area contributed by atoms with Crippen LogP contribution in [0.5, 0.6) is 0 Å². The molecule has 1 atom stereocenters. The topological polar surface area (TPSA) is 61.9 Å². The Kier molecular flexibility index (Phi) is 3.93. The second-order valence-electron chi connectivity index (χ2n) is 4.30. The molecule has 0 radical (unpaired) electrons. The smallest absolute Gasteiger partial charge is 0.211 e. The second-order valence-corrected chi connectivity index (χ2v) is 4.30. The van der Waals surface area contributed by atoms with Crippen LogP contribution in [0.2, 0.25) is 0 Å². The van der Waals surface area contributed by atoms with Crippen LogP contribution in [0.1, 0.15) is 35.7 Å². The first-order valence-corrected chi connectivity index (χ1v) is 5.95. The number of rotatable bonds is 4. The van der Waals surface area contributed by atoms with E-state index >= 15 is 0 Å². The third-order valence-electron chi connectivity index (χ3n) is 2.81. The van der Waals surface area contributed by atoms with Crippen LogP contribution in [-0.4, -0.2) is 4.98 Å². The molecule has 1 aromatic heterocycles. The summed E-state index contributed by atoms with van der Waals surface area (Å²) < 4.78 is 19.2. The van der Waals surface area contributed by atoms with Gasteiger partial charge in [0.05, 0.1) is 17.8 Å². The molecule has 5 heteroatoms. The molecule has 4 nitrogen and oxygen atoms in total. The van der Waals surface area contributed by atoms with Gasteiger partial charge in [-0.15, -0.1) is 0 Å². The highest BCUT2D eigenvalue weighted by atomic mass is 19.1. The highest BCUT2D eigenvalue weighted by molar-refractivity contribution is 5.34. The fraction of sp³-hybridized carbons (Fsp3) is 0.286. The van der Waals surface area contributed by atoms with Crippen molar-refractivity contribution in [2.75, 3.05) is 0 Å². The van der Waals surface area contributed by atoms with Crippen LogP contribution in [0.25, 0.3) is 0 Å². The van der Waals surface area contributed by atoms with Crippen molar-refractivity contribution in [3.05, 3.63) is 53.0 Å². The minimum atomic E-state index is -0.478. The van der Waals surface area contributed by atoms with Crippen molar-refractivity contribution in [2.45, 2.75) is 26.4 Å². The molecule has 1 aromatic carbocycles. The zero-order valence-corrected chi connectivity index (χ0v) is 10.8. The van der Waals surface area contributed by atoms with Gasteiger partial charge in [-0.3, -0.25) is 0 Å². The number of aryl methyl sites for hydroxylation is 1. The summed E-state index contributed by atoms with van der Waals surface area (Å²) in [6, 6.07) is 6.47. The van der Waals surface area contributed by atoms with E-state index < -0.39 is 5.82 Å². The van der Waals surface area contributed by atoms with E-state index in [1.807, 2.05) is 19.9 Å². The standard InChI is InChI=1S/C14H14FN3O/c1-9-7-18-14(19-9)10(2)17-8-12-5-3-4-11(6-16)13(12)15/h3-5,7,10,17H,8H2,1-2H3. The largest absolute Gasteiger partial charge is 0.444 e. The number of halogens is 1. The maximum atomic E-state index is 13.8. The lowest BCUT2D eigenvalue weighted by Crippen LogP contribution is -2.19. The summed E-state index contributed by atoms with van der Waals surface area (Å²) in [5.74, 6) is 0.823. The van der Waals surface area contributed by atoms with Gasteiger partial charge in [-0.25, -0.2) is 9.37 Å². The van der Waals surface area contributed by atoms with Gasteiger partial charge < -0.3 is 9.73 Å². The van der Waals surface area contributed by atoms with Gasteiger partial charge in [-0.2, -0.15) is 5.26 Å². The Morgan fingerprint density at radius 3 is 2.95 bits per heavy atom. The van der Waals surface area contributed by atoms with Crippen molar-refractivity contribution >= 4 is 0 Å². The molecule has 0 spiro atoms. The molecular weight excluding hydrogens is 245 g/mol. The third-order valence-corrected chi connectivity index (χ3v) is 2.81. The molecule has 0 fully saturated rings. The first kappa shape index (κ1) is 13.2. The molecule has 0 bridgehead atoms. The van der Waals surface area contributed by atoms with Gasteiger partial charge in [0.2, 0.25) is 5.89 Å². The minimum Gasteiger partial charge on any atom is -0.444 e. The number of hydrogen-bond donors (Lipinski definition) is 1. The monoisotopic (exact) mass is 259 g/mol. The maximum Gasteiger partial charge on any atom is 0.211 e. The molecule has 0 saturated carbocycles. The van der Waals surface area contributed by atoms with E-state index in [0.29, 0.717) is 18.0 Å². The van der Waals surface area contributed by atoms with Gasteiger partial charge >= 0.3 is 0 Å². The highest BCUT2D eigenvalue weighted by Crippen LogP contribution is 2.15. The highest BCUT2D eigenvalue weighted by Gasteiger charge is 2.13. The molecule has 0 amide bonds. The lowest BCUT2D eigenvalue weighted by atomic mass is 10.1. The van der Waals surface area contributed by atoms with E-state index in [1.165, 1.54) is 6.07 Å². The lowest BCUT2D eigenvalue weighted by molar-refractivity contribution is 0.400. The van der Waals surface area contributed by atoms with Crippen molar-refractivity contribution < 1.29 is 8.81 Å². The number of aromatic nitrogens is 1. The number of hydrogen-bond acceptors (Lipinski definition) is 4. The van der Waals surface area contributed by atoms with Crippen LogP contribution in [0.15, 0.2) is 28.8 Å². The van der Waals surface area contributed by atoms with E-state index in [4.69, 9.17) is 9.68 Å². The SMILES string of the molecule is Cc1cnc(C(C)NCc2cccc(C#N)c2F)o1. The van der Waals surface area contributed by atoms with Crippen molar-refractivity contribution in [1.29, 1.82) is 5.26 Å². The van der Waals surface area contributed by atoms with E-state index in [9.17, 15) is 4.39 Å². The van der Waals surface area contributed by atoms with Crippen molar-refractivity contribution in [3.8, 4) is 6.07 Å². The number of nitrogens with one attached hydrogen (secondary N) is 1. The summed E-state index contributed by atoms with van der Waals surface area (Å²) in [6.45, 7) is 4.01. The van der Waals surface area contributed by atoms with Gasteiger partial charge in [-0.1, -0.05) is 12.1 Å². The molecule has 19 heavy (non-hydrogen) atoms. The van der Waals surface area contributed by atoms with E-state index in [1.54, 1.807) is 18.3 Å². The van der Waals surface area contributed by atoms with Crippen LogP contribution in [0.4, 0.5) is 4.39 Å². The van der Waals surface area contributed by atoms with Gasteiger partial charge in [-0.05, 0) is 19.9 Å². The lowest BCUT2D eigenvalue weighted by Gasteiger charge is -2.11. The van der Waals surface area contributed by atoms with E-state index in [0.717, 1.165) is 5.76 Å². The summed E-state index contributed by atoms with van der Waals surface area (Å²) in [6.07, 6.45) is 1.64. The quantitative estimate of drug-likeness (QED) is 0.917. The molecule has 98 valence electrons. The molecule has 0 aliphatic rings. The molecule has 0 aliphatic heterocycles. The molecule has 1 heterocycles. The Labute approximate surface area is 110 Å². The first-order valence-electron chi connectivity index (χ1n) is 5.95. The van der Waals surface area contributed by atoms with Crippen molar-refractivity contribution in [3.63, 3.8) is 0 Å². The predicted molar refractivity (Wildman–Crippen MR) is 67.6 cm³/mol. The third kappa shape index (κ3) is 2.98. The molecule has 0 aliphatic carbocycles. The Bertz CT molecular complexity index is 615. The van der Waals surface area contributed by atoms with Crippen LogP contribution >= 0.6 is 0 Å². The zero-order valence-electron chi connectivity index (χ0n) is 10.8. The molecule has 1 N–H and O–H groups in total. The summed E-state index contributed by atoms with van der Waals surface area (Å²) in [7, 11) is 0. The van der Waals surface area contributed by atoms with Crippen LogP contribution in [-0.2, 0) is 6.54 Å². The van der Waals surface area contributed by atoms with Gasteiger partial charge in [0.25, 0.3) is 0 Å². The fourth-order valence-corrected chi connectivity index (χ4v) is 1.73. The van der Waals surface area contributed by atoms with Crippen LogP contribution < -0.4 is 5.32 Å². The predicted octanol–water partition coefficient (Wildman–Crippen LogP) is 2.84. The molecule has 2 rings (SSSR count). The molecule has 1 unspecified atom stereocenters. The Hall–Kier alpha value is -2.19. The van der Waals surface area contributed by atoms with Crippen molar-refractivity contribution in [2.24, 2.45) is 0 Å². The number of benzene rings is 1. The summed E-state index contributed by atoms with van der Waals surface area (Å²) >= 11 is 0. The molecule has 2 aromatic rings. The second kappa shape index (κ2) is 5.63.